The summed E-state index contributed by atoms with van der Waals surface area (Å²) < 4.78 is 7.11. The minimum atomic E-state index is -0.253. The number of rotatable bonds is 6. The van der Waals surface area contributed by atoms with Gasteiger partial charge in [0.05, 0.1) is 23.0 Å². The Morgan fingerprint density at radius 1 is 1.00 bits per heavy atom. The Hall–Kier alpha value is -2.81. The Morgan fingerprint density at radius 2 is 1.69 bits per heavy atom. The van der Waals surface area contributed by atoms with Crippen molar-refractivity contribution in [1.82, 2.24) is 4.90 Å². The van der Waals surface area contributed by atoms with Crippen molar-refractivity contribution in [2.45, 2.75) is 0 Å². The zero-order valence-electron chi connectivity index (χ0n) is 19.5. The molecule has 2 amide bonds. The first-order chi connectivity index (χ1) is 17.4. The standard InChI is InChI=1S/C27H24Br2ClN3O3/c1-36-26-19(16-20(28)17-22(26)29)8-11-25(34)31-23-4-2-3-5-24(23)32-12-14-33(15-13-32)27(35)18-6-9-21(30)10-7-18/h2-11,16-17H,12-15H2,1H3,(H,31,34)/b11-8+. The Kier molecular flexibility index (Phi) is 8.72. The highest BCUT2D eigenvalue weighted by Crippen LogP contribution is 2.33. The minimum absolute atomic E-state index is 0.00680. The maximum Gasteiger partial charge on any atom is 0.253 e. The first-order valence-corrected chi connectivity index (χ1v) is 13.2. The number of amides is 2. The Morgan fingerprint density at radius 3 is 2.39 bits per heavy atom. The van der Waals surface area contributed by atoms with Gasteiger partial charge in [-0.1, -0.05) is 39.7 Å². The number of benzene rings is 3. The lowest BCUT2D eigenvalue weighted by atomic mass is 10.1. The fraction of sp³-hybridized carbons (Fsp3) is 0.185. The molecular formula is C27H24Br2ClN3O3. The lowest BCUT2D eigenvalue weighted by Crippen LogP contribution is -2.49. The Bertz CT molecular complexity index is 1290. The first kappa shape index (κ1) is 26.3. The maximum absolute atomic E-state index is 12.8. The summed E-state index contributed by atoms with van der Waals surface area (Å²) in [6, 6.07) is 18.4. The number of anilines is 2. The molecule has 0 aliphatic carbocycles. The molecular weight excluding hydrogens is 610 g/mol. The highest BCUT2D eigenvalue weighted by molar-refractivity contribution is 9.11. The van der Waals surface area contributed by atoms with Gasteiger partial charge >= 0.3 is 0 Å². The van der Waals surface area contributed by atoms with Crippen LogP contribution in [-0.4, -0.2) is 50.0 Å². The van der Waals surface area contributed by atoms with Crippen LogP contribution in [0, 0.1) is 0 Å². The molecule has 1 fully saturated rings. The average molecular weight is 634 g/mol. The Labute approximate surface area is 232 Å². The molecule has 0 unspecified atom stereocenters. The number of hydrogen-bond donors (Lipinski definition) is 1. The van der Waals surface area contributed by atoms with Gasteiger partial charge in [-0.2, -0.15) is 0 Å². The second-order valence-electron chi connectivity index (χ2n) is 8.14. The van der Waals surface area contributed by atoms with E-state index in [2.05, 4.69) is 42.1 Å². The normalized spacial score (nSPS) is 13.7. The van der Waals surface area contributed by atoms with Gasteiger partial charge in [0.2, 0.25) is 5.91 Å². The molecule has 1 N–H and O–H groups in total. The van der Waals surface area contributed by atoms with Crippen molar-refractivity contribution in [2.75, 3.05) is 43.5 Å². The number of piperazine rings is 1. The summed E-state index contributed by atoms with van der Waals surface area (Å²) in [5.74, 6) is 0.387. The van der Waals surface area contributed by atoms with E-state index >= 15 is 0 Å². The van der Waals surface area contributed by atoms with E-state index in [1.165, 1.54) is 6.08 Å². The van der Waals surface area contributed by atoms with Crippen molar-refractivity contribution in [3.05, 3.63) is 91.8 Å². The van der Waals surface area contributed by atoms with E-state index < -0.39 is 0 Å². The summed E-state index contributed by atoms with van der Waals surface area (Å²) in [7, 11) is 1.59. The van der Waals surface area contributed by atoms with Crippen LogP contribution in [-0.2, 0) is 4.79 Å². The summed E-state index contributed by atoms with van der Waals surface area (Å²) in [5.41, 5.74) is 3.03. The molecule has 4 rings (SSSR count). The van der Waals surface area contributed by atoms with E-state index in [0.29, 0.717) is 48.2 Å². The van der Waals surface area contributed by atoms with Crippen molar-refractivity contribution < 1.29 is 14.3 Å². The van der Waals surface area contributed by atoms with Crippen LogP contribution in [0.5, 0.6) is 5.75 Å². The van der Waals surface area contributed by atoms with Crippen LogP contribution in [0.25, 0.3) is 6.08 Å². The third kappa shape index (κ3) is 6.30. The molecule has 0 spiro atoms. The van der Waals surface area contributed by atoms with Crippen molar-refractivity contribution in [3.8, 4) is 5.75 Å². The predicted octanol–water partition coefficient (Wildman–Crippen LogP) is 6.49. The number of carbonyl (C=O) groups is 2. The van der Waals surface area contributed by atoms with Crippen LogP contribution in [0.1, 0.15) is 15.9 Å². The van der Waals surface area contributed by atoms with Crippen LogP contribution >= 0.6 is 43.5 Å². The SMILES string of the molecule is COc1c(Br)cc(Br)cc1/C=C/C(=O)Nc1ccccc1N1CCN(C(=O)c2ccc(Cl)cc2)CC1. The second-order valence-corrected chi connectivity index (χ2v) is 10.3. The zero-order valence-corrected chi connectivity index (χ0v) is 23.4. The van der Waals surface area contributed by atoms with E-state index in [1.807, 2.05) is 41.3 Å². The molecule has 0 bridgehead atoms. The molecule has 1 aliphatic rings. The number of nitrogens with zero attached hydrogens (tertiary/aromatic N) is 2. The van der Waals surface area contributed by atoms with Crippen molar-refractivity contribution in [2.24, 2.45) is 0 Å². The fourth-order valence-corrected chi connectivity index (χ4v) is 5.59. The van der Waals surface area contributed by atoms with Gasteiger partial charge in [0.1, 0.15) is 5.75 Å². The summed E-state index contributed by atoms with van der Waals surface area (Å²) in [5, 5.41) is 3.59. The molecule has 0 aromatic heterocycles. The van der Waals surface area contributed by atoms with Gasteiger partial charge < -0.3 is 19.9 Å². The number of methoxy groups -OCH3 is 1. The van der Waals surface area contributed by atoms with Gasteiger partial charge in [-0.25, -0.2) is 0 Å². The first-order valence-electron chi connectivity index (χ1n) is 11.3. The van der Waals surface area contributed by atoms with Crippen molar-refractivity contribution in [1.29, 1.82) is 0 Å². The summed E-state index contributed by atoms with van der Waals surface area (Å²) >= 11 is 12.9. The lowest BCUT2D eigenvalue weighted by molar-refractivity contribution is -0.111. The molecule has 1 saturated heterocycles. The smallest absolute Gasteiger partial charge is 0.253 e. The number of para-hydroxylation sites is 2. The number of nitrogens with one attached hydrogen (secondary N) is 1. The van der Waals surface area contributed by atoms with Crippen LogP contribution in [0.3, 0.4) is 0 Å². The largest absolute Gasteiger partial charge is 0.495 e. The zero-order chi connectivity index (χ0) is 25.7. The molecule has 0 saturated carbocycles. The molecule has 1 heterocycles. The number of hydrogen-bond acceptors (Lipinski definition) is 4. The van der Waals surface area contributed by atoms with Gasteiger partial charge in [-0.15, -0.1) is 0 Å². The molecule has 0 atom stereocenters. The van der Waals surface area contributed by atoms with Crippen molar-refractivity contribution >= 4 is 72.7 Å². The van der Waals surface area contributed by atoms with E-state index in [0.717, 1.165) is 20.2 Å². The van der Waals surface area contributed by atoms with Gasteiger partial charge in [0.25, 0.3) is 5.91 Å². The van der Waals surface area contributed by atoms with Gasteiger partial charge in [-0.3, -0.25) is 9.59 Å². The van der Waals surface area contributed by atoms with E-state index in [1.54, 1.807) is 37.5 Å². The highest BCUT2D eigenvalue weighted by atomic mass is 79.9. The molecule has 0 radical (unpaired) electrons. The van der Waals surface area contributed by atoms with E-state index in [9.17, 15) is 9.59 Å². The third-order valence-electron chi connectivity index (χ3n) is 5.82. The second kappa shape index (κ2) is 12.0. The third-order valence-corrected chi connectivity index (χ3v) is 7.12. The van der Waals surface area contributed by atoms with Crippen LogP contribution in [0.15, 0.2) is 75.7 Å². The molecule has 6 nitrogen and oxygen atoms in total. The summed E-state index contributed by atoms with van der Waals surface area (Å²) in [4.78, 5) is 29.6. The summed E-state index contributed by atoms with van der Waals surface area (Å²) in [6.45, 7) is 2.49. The highest BCUT2D eigenvalue weighted by Gasteiger charge is 2.23. The quantitative estimate of drug-likeness (QED) is 0.316. The van der Waals surface area contributed by atoms with Gasteiger partial charge in [-0.05, 0) is 70.5 Å². The number of carbonyl (C=O) groups excluding carboxylic acids is 2. The molecule has 3 aromatic carbocycles. The molecule has 186 valence electrons. The molecule has 36 heavy (non-hydrogen) atoms. The molecule has 3 aromatic rings. The Balaban J connectivity index is 1.42. The number of ether oxygens (including phenoxy) is 1. The topological polar surface area (TPSA) is 61.9 Å². The fourth-order valence-electron chi connectivity index (χ4n) is 4.04. The van der Waals surface area contributed by atoms with Crippen LogP contribution in [0.2, 0.25) is 5.02 Å². The monoisotopic (exact) mass is 631 g/mol. The van der Waals surface area contributed by atoms with Gasteiger partial charge in [0.15, 0.2) is 0 Å². The van der Waals surface area contributed by atoms with E-state index in [4.69, 9.17) is 16.3 Å². The maximum atomic E-state index is 12.8. The number of halogens is 3. The van der Waals surface area contributed by atoms with Crippen molar-refractivity contribution in [3.63, 3.8) is 0 Å². The average Bonchev–Trinajstić information content (AvgIpc) is 2.88. The van der Waals surface area contributed by atoms with Crippen LogP contribution < -0.4 is 15.0 Å². The van der Waals surface area contributed by atoms with E-state index in [-0.39, 0.29) is 11.8 Å². The molecule has 9 heteroatoms. The van der Waals surface area contributed by atoms with Gasteiger partial charge in [0, 0.05) is 52.9 Å². The summed E-state index contributed by atoms with van der Waals surface area (Å²) in [6.07, 6.45) is 3.20. The lowest BCUT2D eigenvalue weighted by Gasteiger charge is -2.37. The predicted molar refractivity (Wildman–Crippen MR) is 152 cm³/mol. The van der Waals surface area contributed by atoms with Crippen LogP contribution in [0.4, 0.5) is 11.4 Å². The molecule has 1 aliphatic heterocycles. The minimum Gasteiger partial charge on any atom is -0.495 e.